The Balaban J connectivity index is 2.83. The topological polar surface area (TPSA) is 83.2 Å². The second-order valence-corrected chi connectivity index (χ2v) is 4.09. The quantitative estimate of drug-likeness (QED) is 0.472. The maximum absolute atomic E-state index is 12.6. The second kappa shape index (κ2) is 6.58. The molecule has 1 atom stereocenters. The molecule has 0 bridgehead atoms. The van der Waals surface area contributed by atoms with Gasteiger partial charge >= 0.3 is 6.18 Å². The van der Waals surface area contributed by atoms with E-state index >= 15 is 0 Å². The van der Waals surface area contributed by atoms with E-state index in [0.29, 0.717) is 6.42 Å². The molecule has 8 heteroatoms. The third-order valence-corrected chi connectivity index (χ3v) is 2.44. The number of nitrogens with one attached hydrogen (secondary N) is 2. The van der Waals surface area contributed by atoms with Crippen LogP contribution in [0.25, 0.3) is 0 Å². The molecule has 0 saturated carbocycles. The van der Waals surface area contributed by atoms with E-state index in [-0.39, 0.29) is 18.2 Å². The zero-order valence-corrected chi connectivity index (χ0v) is 10.5. The number of nitrogens with zero attached hydrogens (tertiary/aromatic N) is 1. The maximum atomic E-state index is 12.6. The summed E-state index contributed by atoms with van der Waals surface area (Å²) in [7, 11) is 0. The van der Waals surface area contributed by atoms with E-state index in [1.807, 2.05) is 6.92 Å². The molecule has 0 saturated heterocycles. The van der Waals surface area contributed by atoms with Crippen LogP contribution in [0.2, 0.25) is 0 Å². The highest BCUT2D eigenvalue weighted by Crippen LogP contribution is 2.31. The zero-order valence-electron chi connectivity index (χ0n) is 10.5. The Morgan fingerprint density at radius 2 is 2.00 bits per heavy atom. The van der Waals surface area contributed by atoms with Crippen molar-refractivity contribution in [2.45, 2.75) is 32.0 Å². The number of alkyl halides is 3. The number of halogens is 3. The molecule has 19 heavy (non-hydrogen) atoms. The third-order valence-electron chi connectivity index (χ3n) is 2.44. The SMILES string of the molecule is CCCC(O)CNc1cc(C(F)(F)F)cc(NN)n1. The van der Waals surface area contributed by atoms with Crippen LogP contribution >= 0.6 is 0 Å². The van der Waals surface area contributed by atoms with Crippen molar-refractivity contribution in [2.75, 3.05) is 17.3 Å². The predicted molar refractivity (Wildman–Crippen MR) is 66.5 cm³/mol. The smallest absolute Gasteiger partial charge is 0.391 e. The van der Waals surface area contributed by atoms with Crippen molar-refractivity contribution in [2.24, 2.45) is 5.84 Å². The first-order valence-electron chi connectivity index (χ1n) is 5.84. The molecule has 1 rings (SSSR count). The maximum Gasteiger partial charge on any atom is 0.416 e. The first-order chi connectivity index (χ1) is 8.86. The van der Waals surface area contributed by atoms with Gasteiger partial charge in [0.25, 0.3) is 0 Å². The van der Waals surface area contributed by atoms with Crippen molar-refractivity contribution >= 4 is 11.6 Å². The number of nitrogen functional groups attached to an aromatic ring is 1. The van der Waals surface area contributed by atoms with E-state index in [9.17, 15) is 18.3 Å². The Kier molecular flexibility index (Phi) is 5.37. The number of nitrogens with two attached hydrogens (primary N) is 1. The van der Waals surface area contributed by atoms with Gasteiger partial charge in [-0.2, -0.15) is 13.2 Å². The summed E-state index contributed by atoms with van der Waals surface area (Å²) in [6, 6.07) is 1.69. The molecular formula is C11H17F3N4O. The highest BCUT2D eigenvalue weighted by atomic mass is 19.4. The summed E-state index contributed by atoms with van der Waals surface area (Å²) >= 11 is 0. The van der Waals surface area contributed by atoms with Crippen molar-refractivity contribution in [3.8, 4) is 0 Å². The minimum atomic E-state index is -4.48. The average Bonchev–Trinajstić information content (AvgIpc) is 2.35. The number of rotatable bonds is 6. The number of anilines is 2. The standard InChI is InChI=1S/C11H17F3N4O/c1-2-3-8(19)6-16-9-4-7(11(12,13)14)5-10(17-9)18-15/h4-5,8,19H,2-3,6,15H2,1H3,(H2,16,17,18). The lowest BCUT2D eigenvalue weighted by atomic mass is 10.2. The third kappa shape index (κ3) is 4.92. The van der Waals surface area contributed by atoms with Gasteiger partial charge in [-0.3, -0.25) is 0 Å². The molecule has 1 aromatic rings. The molecule has 0 aliphatic rings. The van der Waals surface area contributed by atoms with Crippen LogP contribution in [0.1, 0.15) is 25.3 Å². The first-order valence-corrected chi connectivity index (χ1v) is 5.84. The molecule has 0 spiro atoms. The van der Waals surface area contributed by atoms with E-state index in [1.54, 1.807) is 0 Å². The molecular weight excluding hydrogens is 261 g/mol. The van der Waals surface area contributed by atoms with Gasteiger partial charge in [0.15, 0.2) is 0 Å². The van der Waals surface area contributed by atoms with Gasteiger partial charge < -0.3 is 15.8 Å². The molecule has 0 radical (unpaired) electrons. The Labute approximate surface area is 109 Å². The van der Waals surface area contributed by atoms with E-state index in [2.05, 4.69) is 15.7 Å². The Bertz CT molecular complexity index is 411. The van der Waals surface area contributed by atoms with Crippen LogP contribution < -0.4 is 16.6 Å². The van der Waals surface area contributed by atoms with Gasteiger partial charge in [-0.05, 0) is 18.6 Å². The van der Waals surface area contributed by atoms with Gasteiger partial charge in [0.05, 0.1) is 11.7 Å². The van der Waals surface area contributed by atoms with E-state index in [0.717, 1.165) is 18.6 Å². The number of hydrogen-bond donors (Lipinski definition) is 4. The summed E-state index contributed by atoms with van der Waals surface area (Å²) in [5.74, 6) is 4.99. The van der Waals surface area contributed by atoms with Crippen molar-refractivity contribution in [3.05, 3.63) is 17.7 Å². The molecule has 5 nitrogen and oxygen atoms in total. The van der Waals surface area contributed by atoms with Crippen LogP contribution in [0.4, 0.5) is 24.8 Å². The molecule has 1 aromatic heterocycles. The summed E-state index contributed by atoms with van der Waals surface area (Å²) in [6.45, 7) is 2.04. The van der Waals surface area contributed by atoms with Crippen LogP contribution in [0, 0.1) is 0 Å². The molecule has 1 heterocycles. The van der Waals surface area contributed by atoms with Crippen LogP contribution in [0.3, 0.4) is 0 Å². The minimum Gasteiger partial charge on any atom is -0.391 e. The summed E-state index contributed by atoms with van der Waals surface area (Å²) in [4.78, 5) is 3.84. The van der Waals surface area contributed by atoms with Crippen LogP contribution in [-0.4, -0.2) is 22.7 Å². The molecule has 108 valence electrons. The van der Waals surface area contributed by atoms with Crippen molar-refractivity contribution < 1.29 is 18.3 Å². The number of aliphatic hydroxyl groups is 1. The molecule has 0 fully saturated rings. The summed E-state index contributed by atoms with van der Waals surface area (Å²) < 4.78 is 37.9. The van der Waals surface area contributed by atoms with Crippen molar-refractivity contribution in [1.82, 2.24) is 4.98 Å². The number of hydrazine groups is 1. The van der Waals surface area contributed by atoms with Gasteiger partial charge in [0, 0.05) is 6.54 Å². The lowest BCUT2D eigenvalue weighted by molar-refractivity contribution is -0.137. The van der Waals surface area contributed by atoms with Crippen LogP contribution in [-0.2, 0) is 6.18 Å². The lowest BCUT2D eigenvalue weighted by Crippen LogP contribution is -2.20. The highest BCUT2D eigenvalue weighted by Gasteiger charge is 2.31. The molecule has 0 aliphatic heterocycles. The summed E-state index contributed by atoms with van der Waals surface area (Å²) in [6.07, 6.45) is -3.76. The largest absolute Gasteiger partial charge is 0.416 e. The highest BCUT2D eigenvalue weighted by molar-refractivity contribution is 5.49. The van der Waals surface area contributed by atoms with Gasteiger partial charge in [0.2, 0.25) is 0 Å². The van der Waals surface area contributed by atoms with Gasteiger partial charge in [-0.15, -0.1) is 0 Å². The normalized spacial score (nSPS) is 13.2. The van der Waals surface area contributed by atoms with E-state index < -0.39 is 17.8 Å². The molecule has 0 amide bonds. The fraction of sp³-hybridized carbons (Fsp3) is 0.545. The van der Waals surface area contributed by atoms with Gasteiger partial charge in [-0.1, -0.05) is 13.3 Å². The first kappa shape index (κ1) is 15.5. The molecule has 5 N–H and O–H groups in total. The summed E-state index contributed by atoms with van der Waals surface area (Å²) in [5, 5.41) is 12.2. The van der Waals surface area contributed by atoms with Crippen molar-refractivity contribution in [3.63, 3.8) is 0 Å². The van der Waals surface area contributed by atoms with E-state index in [4.69, 9.17) is 5.84 Å². The monoisotopic (exact) mass is 278 g/mol. The average molecular weight is 278 g/mol. The van der Waals surface area contributed by atoms with E-state index in [1.165, 1.54) is 0 Å². The van der Waals surface area contributed by atoms with Crippen LogP contribution in [0.5, 0.6) is 0 Å². The van der Waals surface area contributed by atoms with Gasteiger partial charge in [-0.25, -0.2) is 10.8 Å². The lowest BCUT2D eigenvalue weighted by Gasteiger charge is -2.14. The van der Waals surface area contributed by atoms with Gasteiger partial charge in [0.1, 0.15) is 11.6 Å². The van der Waals surface area contributed by atoms with Crippen molar-refractivity contribution in [1.29, 1.82) is 0 Å². The fourth-order valence-electron chi connectivity index (χ4n) is 1.52. The summed E-state index contributed by atoms with van der Waals surface area (Å²) in [5.41, 5.74) is 1.22. The fourth-order valence-corrected chi connectivity index (χ4v) is 1.52. The number of hydrogen-bond acceptors (Lipinski definition) is 5. The molecule has 1 unspecified atom stereocenters. The molecule has 0 aliphatic carbocycles. The number of aromatic nitrogens is 1. The van der Waals surface area contributed by atoms with Crippen LogP contribution in [0.15, 0.2) is 12.1 Å². The molecule has 0 aromatic carbocycles. The predicted octanol–water partition coefficient (Wildman–Crippen LogP) is 1.96. The Hall–Kier alpha value is -1.54. The number of pyridine rings is 1. The Morgan fingerprint density at radius 1 is 1.37 bits per heavy atom. The Morgan fingerprint density at radius 3 is 2.53 bits per heavy atom. The minimum absolute atomic E-state index is 0.0120. The second-order valence-electron chi connectivity index (χ2n) is 4.09. The number of aliphatic hydroxyl groups excluding tert-OH is 1. The zero-order chi connectivity index (χ0) is 14.5.